The molecule has 2 heterocycles. The minimum absolute atomic E-state index is 0.0152. The number of aromatic nitrogens is 3. The van der Waals surface area contributed by atoms with Crippen LogP contribution in [0.2, 0.25) is 0 Å². The van der Waals surface area contributed by atoms with Gasteiger partial charge in [-0.15, -0.1) is 0 Å². The number of rotatable bonds is 7. The topological polar surface area (TPSA) is 103 Å². The van der Waals surface area contributed by atoms with E-state index in [4.69, 9.17) is 15.6 Å². The smallest absolute Gasteiger partial charge is 0.315 e. The highest BCUT2D eigenvalue weighted by Gasteiger charge is 2.26. The summed E-state index contributed by atoms with van der Waals surface area (Å²) < 4.78 is 7.30. The molecule has 0 bridgehead atoms. The summed E-state index contributed by atoms with van der Waals surface area (Å²) in [6.07, 6.45) is 11.9. The van der Waals surface area contributed by atoms with Crippen LogP contribution in [-0.2, 0) is 16.0 Å². The first-order chi connectivity index (χ1) is 12.7. The minimum Gasteiger partial charge on any atom is -0.463 e. The summed E-state index contributed by atoms with van der Waals surface area (Å²) in [5.41, 5.74) is 7.21. The van der Waals surface area contributed by atoms with Gasteiger partial charge in [0.05, 0.1) is 18.6 Å². The second kappa shape index (κ2) is 8.80. The predicted octanol–water partition coefficient (Wildman–Crippen LogP) is 2.23. The summed E-state index contributed by atoms with van der Waals surface area (Å²) >= 11 is 0. The molecule has 1 fully saturated rings. The van der Waals surface area contributed by atoms with Crippen LogP contribution in [-0.4, -0.2) is 38.8 Å². The molecule has 0 amide bonds. The van der Waals surface area contributed by atoms with E-state index in [9.17, 15) is 4.79 Å². The number of aliphatic hydroxyl groups is 1. The van der Waals surface area contributed by atoms with E-state index in [1.807, 2.05) is 18.6 Å². The molecule has 2 aromatic heterocycles. The van der Waals surface area contributed by atoms with Crippen LogP contribution in [0.5, 0.6) is 0 Å². The van der Waals surface area contributed by atoms with Crippen LogP contribution in [0.1, 0.15) is 55.3 Å². The van der Waals surface area contributed by atoms with Crippen molar-refractivity contribution in [2.75, 3.05) is 18.9 Å². The van der Waals surface area contributed by atoms with Gasteiger partial charge in [0.1, 0.15) is 18.3 Å². The number of hydrogen-bond donors (Lipinski definition) is 2. The molecule has 7 nitrogen and oxygen atoms in total. The highest BCUT2D eigenvalue weighted by Crippen LogP contribution is 2.29. The molecule has 1 saturated carbocycles. The molecule has 1 atom stereocenters. The van der Waals surface area contributed by atoms with E-state index >= 15 is 0 Å². The number of aliphatic hydroxyl groups excluding tert-OH is 1. The molecule has 0 aliphatic heterocycles. The zero-order valence-electron chi connectivity index (χ0n) is 14.9. The molecule has 3 rings (SSSR count). The second-order valence-corrected chi connectivity index (χ2v) is 6.78. The van der Waals surface area contributed by atoms with E-state index in [0.717, 1.165) is 18.4 Å². The van der Waals surface area contributed by atoms with Crippen molar-refractivity contribution in [3.63, 3.8) is 0 Å². The number of carbonyl (C=O) groups is 1. The zero-order valence-corrected chi connectivity index (χ0v) is 14.9. The quantitative estimate of drug-likeness (QED) is 0.736. The number of esters is 1. The van der Waals surface area contributed by atoms with E-state index in [2.05, 4.69) is 14.5 Å². The molecule has 0 aromatic carbocycles. The minimum atomic E-state index is -0.531. The fourth-order valence-electron chi connectivity index (χ4n) is 3.46. The summed E-state index contributed by atoms with van der Waals surface area (Å²) in [5, 5.41) is 8.94. The Morgan fingerprint density at radius 1 is 1.31 bits per heavy atom. The molecular formula is C19H26N4O3. The summed E-state index contributed by atoms with van der Waals surface area (Å²) in [6.45, 7) is -0.211. The fourth-order valence-corrected chi connectivity index (χ4v) is 3.46. The number of imidazole rings is 1. The number of pyridine rings is 1. The summed E-state index contributed by atoms with van der Waals surface area (Å²) in [7, 11) is 0. The van der Waals surface area contributed by atoms with Crippen molar-refractivity contribution >= 4 is 11.8 Å². The van der Waals surface area contributed by atoms with Crippen molar-refractivity contribution in [3.8, 4) is 0 Å². The zero-order chi connectivity index (χ0) is 18.4. The third kappa shape index (κ3) is 4.60. The van der Waals surface area contributed by atoms with Crippen molar-refractivity contribution in [2.24, 2.45) is 0 Å². The molecule has 0 spiro atoms. The van der Waals surface area contributed by atoms with E-state index in [0.29, 0.717) is 24.0 Å². The van der Waals surface area contributed by atoms with Gasteiger partial charge in [-0.25, -0.2) is 9.97 Å². The number of hydrogen-bond acceptors (Lipinski definition) is 6. The third-order valence-corrected chi connectivity index (χ3v) is 4.88. The molecule has 26 heavy (non-hydrogen) atoms. The van der Waals surface area contributed by atoms with Gasteiger partial charge in [0, 0.05) is 18.4 Å². The Bertz CT molecular complexity index is 708. The van der Waals surface area contributed by atoms with Crippen LogP contribution in [0.4, 0.5) is 5.82 Å². The molecule has 1 aliphatic carbocycles. The maximum Gasteiger partial charge on any atom is 0.315 e. The predicted molar refractivity (Wildman–Crippen MR) is 97.5 cm³/mol. The van der Waals surface area contributed by atoms with Crippen molar-refractivity contribution < 1.29 is 14.6 Å². The highest BCUT2D eigenvalue weighted by molar-refractivity contribution is 5.78. The first-order valence-electron chi connectivity index (χ1n) is 9.18. The van der Waals surface area contributed by atoms with Crippen molar-refractivity contribution in [1.82, 2.24) is 14.5 Å². The Morgan fingerprint density at radius 3 is 2.81 bits per heavy atom. The van der Waals surface area contributed by atoms with Crippen molar-refractivity contribution in [2.45, 2.75) is 50.5 Å². The lowest BCUT2D eigenvalue weighted by molar-refractivity contribution is -0.146. The fraction of sp³-hybridized carbons (Fsp3) is 0.526. The van der Waals surface area contributed by atoms with Gasteiger partial charge in [-0.05, 0) is 30.9 Å². The third-order valence-electron chi connectivity index (χ3n) is 4.88. The Labute approximate surface area is 153 Å². The standard InChI is InChI=1S/C19H26N4O3/c20-18-7-6-14(11-21-18)10-16(19(25)26-9-8-24)17-12-23(13-22-17)15-4-2-1-3-5-15/h6-7,11-13,15-16,24H,1-5,8-10H2,(H2,20,21). The highest BCUT2D eigenvalue weighted by atomic mass is 16.5. The van der Waals surface area contributed by atoms with Crippen LogP contribution >= 0.6 is 0 Å². The number of nitrogen functional groups attached to an aromatic ring is 1. The Morgan fingerprint density at radius 2 is 2.12 bits per heavy atom. The van der Waals surface area contributed by atoms with Crippen LogP contribution in [0, 0.1) is 0 Å². The molecular weight excluding hydrogens is 332 g/mol. The van der Waals surface area contributed by atoms with Crippen molar-refractivity contribution in [1.29, 1.82) is 0 Å². The molecule has 1 aliphatic rings. The summed E-state index contributed by atoms with van der Waals surface area (Å²) in [4.78, 5) is 21.1. The van der Waals surface area contributed by atoms with Crippen LogP contribution in [0.3, 0.4) is 0 Å². The van der Waals surface area contributed by atoms with E-state index in [1.165, 1.54) is 19.3 Å². The lowest BCUT2D eigenvalue weighted by atomic mass is 9.95. The summed E-state index contributed by atoms with van der Waals surface area (Å²) in [6, 6.07) is 4.02. The van der Waals surface area contributed by atoms with Crippen LogP contribution in [0.25, 0.3) is 0 Å². The van der Waals surface area contributed by atoms with Crippen LogP contribution in [0.15, 0.2) is 30.9 Å². The Kier molecular flexibility index (Phi) is 6.22. The first-order valence-corrected chi connectivity index (χ1v) is 9.18. The Hall–Kier alpha value is -2.41. The van der Waals surface area contributed by atoms with E-state index in [1.54, 1.807) is 12.3 Å². The number of nitrogens with two attached hydrogens (primary N) is 1. The second-order valence-electron chi connectivity index (χ2n) is 6.78. The number of ether oxygens (including phenoxy) is 1. The average molecular weight is 358 g/mol. The van der Waals surface area contributed by atoms with Gasteiger partial charge in [-0.3, -0.25) is 4.79 Å². The average Bonchev–Trinajstić information content (AvgIpc) is 3.16. The van der Waals surface area contributed by atoms with Gasteiger partial charge in [-0.1, -0.05) is 25.3 Å². The van der Waals surface area contributed by atoms with Gasteiger partial charge in [0.2, 0.25) is 0 Å². The van der Waals surface area contributed by atoms with Crippen molar-refractivity contribution in [3.05, 3.63) is 42.1 Å². The maximum absolute atomic E-state index is 12.5. The lowest BCUT2D eigenvalue weighted by Crippen LogP contribution is -2.20. The lowest BCUT2D eigenvalue weighted by Gasteiger charge is -2.22. The van der Waals surface area contributed by atoms with Gasteiger partial charge in [0.15, 0.2) is 0 Å². The molecule has 3 N–H and O–H groups in total. The molecule has 0 saturated heterocycles. The largest absolute Gasteiger partial charge is 0.463 e. The van der Waals surface area contributed by atoms with Gasteiger partial charge in [0.25, 0.3) is 0 Å². The number of nitrogens with zero attached hydrogens (tertiary/aromatic N) is 3. The Balaban J connectivity index is 1.79. The normalized spacial score (nSPS) is 16.3. The van der Waals surface area contributed by atoms with Crippen LogP contribution < -0.4 is 5.73 Å². The van der Waals surface area contributed by atoms with Gasteiger partial charge >= 0.3 is 5.97 Å². The SMILES string of the molecule is Nc1ccc(CC(C(=O)OCCO)c2cn(C3CCCCC3)cn2)cn1. The van der Waals surface area contributed by atoms with Gasteiger partial charge < -0.3 is 20.1 Å². The first kappa shape index (κ1) is 18.4. The molecule has 7 heteroatoms. The van der Waals surface area contributed by atoms with E-state index < -0.39 is 5.92 Å². The maximum atomic E-state index is 12.5. The van der Waals surface area contributed by atoms with E-state index in [-0.39, 0.29) is 19.2 Å². The molecule has 2 aromatic rings. The summed E-state index contributed by atoms with van der Waals surface area (Å²) in [5.74, 6) is -0.476. The molecule has 0 radical (unpaired) electrons. The molecule has 1 unspecified atom stereocenters. The number of anilines is 1. The monoisotopic (exact) mass is 358 g/mol. The molecule has 140 valence electrons. The van der Waals surface area contributed by atoms with Gasteiger partial charge in [-0.2, -0.15) is 0 Å². The number of carbonyl (C=O) groups excluding carboxylic acids is 1.